The molecule has 34 heavy (non-hydrogen) atoms. The molecule has 3 aromatic carbocycles. The molecule has 0 spiro atoms. The number of imidazole rings is 1. The van der Waals surface area contributed by atoms with Crippen molar-refractivity contribution in [2.75, 3.05) is 13.2 Å². The molecule has 4 rings (SSSR count). The molecule has 0 unspecified atom stereocenters. The summed E-state index contributed by atoms with van der Waals surface area (Å²) in [5.74, 6) is 1.90. The van der Waals surface area contributed by atoms with Crippen molar-refractivity contribution in [3.8, 4) is 5.75 Å². The first-order chi connectivity index (χ1) is 16.5. The largest absolute Gasteiger partial charge is 0.491 e. The predicted octanol–water partition coefficient (Wildman–Crippen LogP) is 5.68. The van der Waals surface area contributed by atoms with Crippen LogP contribution in [0.25, 0.3) is 11.0 Å². The van der Waals surface area contributed by atoms with Crippen molar-refractivity contribution in [2.45, 2.75) is 39.7 Å². The summed E-state index contributed by atoms with van der Waals surface area (Å²) >= 11 is 6.16. The maximum atomic E-state index is 12.3. The Kier molecular flexibility index (Phi) is 7.86. The summed E-state index contributed by atoms with van der Waals surface area (Å²) in [6.45, 7) is 6.01. The Morgan fingerprint density at radius 2 is 1.85 bits per heavy atom. The summed E-state index contributed by atoms with van der Waals surface area (Å²) in [4.78, 5) is 17.1. The maximum absolute atomic E-state index is 12.3. The standard InChI is InChI=1S/C28H30ClN3O2/c1-20-13-14-26(21(2)18-20)34-17-16-32-25-11-6-5-10-24(25)31-27(32)12-7-15-30-28(33)19-22-8-3-4-9-23(22)29/h3-6,8-11,13-14,18H,7,12,15-17,19H2,1-2H3,(H,30,33). The van der Waals surface area contributed by atoms with Crippen LogP contribution in [0.3, 0.4) is 0 Å². The van der Waals surface area contributed by atoms with Crippen molar-refractivity contribution in [3.05, 3.63) is 94.3 Å². The molecular formula is C28H30ClN3O2. The van der Waals surface area contributed by atoms with Gasteiger partial charge in [-0.15, -0.1) is 0 Å². The summed E-state index contributed by atoms with van der Waals surface area (Å²) in [5.41, 5.74) is 5.29. The van der Waals surface area contributed by atoms with Crippen LogP contribution in [0, 0.1) is 13.8 Å². The van der Waals surface area contributed by atoms with Gasteiger partial charge in [-0.3, -0.25) is 4.79 Å². The number of nitrogens with one attached hydrogen (secondary N) is 1. The third kappa shape index (κ3) is 5.97. The van der Waals surface area contributed by atoms with Gasteiger partial charge in [-0.05, 0) is 55.7 Å². The van der Waals surface area contributed by atoms with Crippen LogP contribution in [0.15, 0.2) is 66.7 Å². The number of aromatic nitrogens is 2. The summed E-state index contributed by atoms with van der Waals surface area (Å²) < 4.78 is 8.30. The number of nitrogens with zero attached hydrogens (tertiary/aromatic N) is 2. The Morgan fingerprint density at radius 1 is 1.06 bits per heavy atom. The Morgan fingerprint density at radius 3 is 2.68 bits per heavy atom. The number of fused-ring (bicyclic) bond motifs is 1. The summed E-state index contributed by atoms with van der Waals surface area (Å²) in [5, 5.41) is 3.62. The Bertz CT molecular complexity index is 1280. The van der Waals surface area contributed by atoms with E-state index in [4.69, 9.17) is 21.3 Å². The van der Waals surface area contributed by atoms with Crippen molar-refractivity contribution in [2.24, 2.45) is 0 Å². The van der Waals surface area contributed by atoms with Crippen LogP contribution in [-0.2, 0) is 24.2 Å². The summed E-state index contributed by atoms with van der Waals surface area (Å²) in [6, 6.07) is 21.8. The first-order valence-corrected chi connectivity index (χ1v) is 12.0. The number of halogens is 1. The van der Waals surface area contributed by atoms with Crippen LogP contribution in [0.5, 0.6) is 5.75 Å². The average Bonchev–Trinajstić information content (AvgIpc) is 3.17. The van der Waals surface area contributed by atoms with E-state index in [2.05, 4.69) is 41.9 Å². The molecule has 0 aliphatic heterocycles. The highest BCUT2D eigenvalue weighted by atomic mass is 35.5. The van der Waals surface area contributed by atoms with Gasteiger partial charge in [0.15, 0.2) is 0 Å². The van der Waals surface area contributed by atoms with Gasteiger partial charge in [-0.1, -0.05) is 59.6 Å². The average molecular weight is 476 g/mol. The number of hydrogen-bond donors (Lipinski definition) is 1. The van der Waals surface area contributed by atoms with Gasteiger partial charge in [0.2, 0.25) is 5.91 Å². The van der Waals surface area contributed by atoms with Crippen LogP contribution in [0.4, 0.5) is 0 Å². The third-order valence-electron chi connectivity index (χ3n) is 5.84. The number of benzene rings is 3. The van der Waals surface area contributed by atoms with E-state index in [0.29, 0.717) is 24.7 Å². The molecule has 0 bridgehead atoms. The number of amides is 1. The summed E-state index contributed by atoms with van der Waals surface area (Å²) in [7, 11) is 0. The molecule has 6 heteroatoms. The Hall–Kier alpha value is -3.31. The monoisotopic (exact) mass is 475 g/mol. The molecule has 0 saturated carbocycles. The van der Waals surface area contributed by atoms with E-state index < -0.39 is 0 Å². The van der Waals surface area contributed by atoms with Crippen molar-refractivity contribution in [1.29, 1.82) is 0 Å². The number of carbonyl (C=O) groups is 1. The molecule has 0 radical (unpaired) electrons. The minimum atomic E-state index is -0.0246. The first kappa shape index (κ1) is 23.8. The fraction of sp³-hybridized carbons (Fsp3) is 0.286. The highest BCUT2D eigenvalue weighted by Crippen LogP contribution is 2.21. The Labute approximate surface area is 205 Å². The van der Waals surface area contributed by atoms with E-state index >= 15 is 0 Å². The van der Waals surface area contributed by atoms with Crippen LogP contribution >= 0.6 is 11.6 Å². The van der Waals surface area contributed by atoms with E-state index in [-0.39, 0.29) is 12.3 Å². The molecule has 5 nitrogen and oxygen atoms in total. The van der Waals surface area contributed by atoms with Gasteiger partial charge in [0.1, 0.15) is 18.2 Å². The van der Waals surface area contributed by atoms with Gasteiger partial charge in [0, 0.05) is 18.0 Å². The number of ether oxygens (including phenoxy) is 1. The molecule has 4 aromatic rings. The molecule has 0 atom stereocenters. The lowest BCUT2D eigenvalue weighted by Gasteiger charge is -2.13. The van der Waals surface area contributed by atoms with Gasteiger partial charge in [-0.2, -0.15) is 0 Å². The van der Waals surface area contributed by atoms with Gasteiger partial charge < -0.3 is 14.6 Å². The second-order valence-corrected chi connectivity index (χ2v) is 8.91. The zero-order valence-electron chi connectivity index (χ0n) is 19.7. The molecule has 1 aromatic heterocycles. The van der Waals surface area contributed by atoms with Crippen LogP contribution < -0.4 is 10.1 Å². The highest BCUT2D eigenvalue weighted by Gasteiger charge is 2.12. The van der Waals surface area contributed by atoms with Crippen molar-refractivity contribution in [1.82, 2.24) is 14.9 Å². The van der Waals surface area contributed by atoms with Gasteiger partial charge >= 0.3 is 0 Å². The zero-order valence-corrected chi connectivity index (χ0v) is 20.4. The minimum Gasteiger partial charge on any atom is -0.491 e. The second-order valence-electron chi connectivity index (χ2n) is 8.51. The van der Waals surface area contributed by atoms with Crippen molar-refractivity contribution in [3.63, 3.8) is 0 Å². The third-order valence-corrected chi connectivity index (χ3v) is 6.21. The quantitative estimate of drug-likeness (QED) is 0.300. The molecule has 0 saturated heterocycles. The van der Waals surface area contributed by atoms with E-state index in [1.807, 2.05) is 42.5 Å². The zero-order chi connectivity index (χ0) is 23.9. The van der Waals surface area contributed by atoms with Crippen molar-refractivity contribution < 1.29 is 9.53 Å². The number of para-hydroxylation sites is 2. The number of hydrogen-bond acceptors (Lipinski definition) is 3. The van der Waals surface area contributed by atoms with Crippen molar-refractivity contribution >= 4 is 28.5 Å². The minimum absolute atomic E-state index is 0.0246. The molecular weight excluding hydrogens is 446 g/mol. The van der Waals surface area contributed by atoms with Gasteiger partial charge in [0.05, 0.1) is 24.0 Å². The Balaban J connectivity index is 1.34. The molecule has 0 aliphatic carbocycles. The molecule has 1 amide bonds. The number of rotatable bonds is 10. The normalized spacial score (nSPS) is 11.0. The van der Waals surface area contributed by atoms with E-state index in [1.165, 1.54) is 5.56 Å². The molecule has 0 aliphatic rings. The van der Waals surface area contributed by atoms with Gasteiger partial charge in [0.25, 0.3) is 0 Å². The lowest BCUT2D eigenvalue weighted by molar-refractivity contribution is -0.120. The second kappa shape index (κ2) is 11.2. The topological polar surface area (TPSA) is 56.1 Å². The first-order valence-electron chi connectivity index (χ1n) is 11.7. The van der Waals surface area contributed by atoms with Crippen LogP contribution in [0.1, 0.15) is 28.9 Å². The van der Waals surface area contributed by atoms with Crippen LogP contribution in [-0.4, -0.2) is 28.6 Å². The molecule has 1 N–H and O–H groups in total. The fourth-order valence-corrected chi connectivity index (χ4v) is 4.33. The lowest BCUT2D eigenvalue weighted by atomic mass is 10.1. The predicted molar refractivity (Wildman–Crippen MR) is 138 cm³/mol. The van der Waals surface area contributed by atoms with E-state index in [1.54, 1.807) is 6.07 Å². The highest BCUT2D eigenvalue weighted by molar-refractivity contribution is 6.31. The van der Waals surface area contributed by atoms with E-state index in [0.717, 1.165) is 46.6 Å². The molecule has 1 heterocycles. The SMILES string of the molecule is Cc1ccc(OCCn2c(CCCNC(=O)Cc3ccccc3Cl)nc3ccccc32)c(C)c1. The molecule has 0 fully saturated rings. The van der Waals surface area contributed by atoms with Crippen LogP contribution in [0.2, 0.25) is 5.02 Å². The molecule has 176 valence electrons. The summed E-state index contributed by atoms with van der Waals surface area (Å²) in [6.07, 6.45) is 1.86. The number of aryl methyl sites for hydroxylation is 3. The smallest absolute Gasteiger partial charge is 0.224 e. The van der Waals surface area contributed by atoms with E-state index in [9.17, 15) is 4.79 Å². The number of carbonyl (C=O) groups excluding carboxylic acids is 1. The fourth-order valence-electron chi connectivity index (χ4n) is 4.13. The van der Waals surface area contributed by atoms with Gasteiger partial charge in [-0.25, -0.2) is 4.98 Å². The maximum Gasteiger partial charge on any atom is 0.224 e. The lowest BCUT2D eigenvalue weighted by Crippen LogP contribution is -2.26.